The lowest BCUT2D eigenvalue weighted by Crippen LogP contribution is -2.24. The summed E-state index contributed by atoms with van der Waals surface area (Å²) in [6.45, 7) is 1.81. The van der Waals surface area contributed by atoms with E-state index in [4.69, 9.17) is 9.47 Å². The van der Waals surface area contributed by atoms with E-state index in [0.717, 1.165) is 5.56 Å². The number of aryl methyl sites for hydroxylation is 1. The van der Waals surface area contributed by atoms with Crippen LogP contribution in [0.15, 0.2) is 77.9 Å². The van der Waals surface area contributed by atoms with Crippen molar-refractivity contribution in [2.75, 3.05) is 24.4 Å². The molecular formula is C24H24N4O4. The molecule has 0 heterocycles. The molecule has 0 aliphatic heterocycles. The van der Waals surface area contributed by atoms with Crippen molar-refractivity contribution in [1.82, 2.24) is 5.43 Å². The Balaban J connectivity index is 1.52. The summed E-state index contributed by atoms with van der Waals surface area (Å²) in [5.41, 5.74) is 5.54. The van der Waals surface area contributed by atoms with Crippen molar-refractivity contribution in [1.29, 1.82) is 0 Å². The van der Waals surface area contributed by atoms with Gasteiger partial charge in [0.1, 0.15) is 0 Å². The van der Waals surface area contributed by atoms with E-state index in [1.807, 2.05) is 49.4 Å². The predicted molar refractivity (Wildman–Crippen MR) is 124 cm³/mol. The van der Waals surface area contributed by atoms with Gasteiger partial charge >= 0.3 is 6.03 Å². The molecule has 0 atom stereocenters. The number of nitrogens with zero attached hydrogens (tertiary/aromatic N) is 1. The van der Waals surface area contributed by atoms with Crippen LogP contribution in [0.4, 0.5) is 16.2 Å². The van der Waals surface area contributed by atoms with Crippen molar-refractivity contribution in [3.63, 3.8) is 0 Å². The molecule has 0 radical (unpaired) electrons. The van der Waals surface area contributed by atoms with E-state index in [0.29, 0.717) is 28.4 Å². The van der Waals surface area contributed by atoms with Crippen LogP contribution in [-0.4, -0.2) is 31.9 Å². The maximum absolute atomic E-state index is 12.1. The van der Waals surface area contributed by atoms with Gasteiger partial charge in [-0.3, -0.25) is 4.79 Å². The fourth-order valence-corrected chi connectivity index (χ4v) is 2.71. The highest BCUT2D eigenvalue weighted by molar-refractivity contribution is 5.92. The van der Waals surface area contributed by atoms with Gasteiger partial charge in [0.05, 0.1) is 13.3 Å². The van der Waals surface area contributed by atoms with Crippen molar-refractivity contribution < 1.29 is 19.1 Å². The van der Waals surface area contributed by atoms with Crippen LogP contribution in [0.1, 0.15) is 11.1 Å². The highest BCUT2D eigenvalue weighted by Crippen LogP contribution is 2.27. The number of urea groups is 1. The van der Waals surface area contributed by atoms with Crippen LogP contribution in [0.2, 0.25) is 0 Å². The number of anilines is 2. The number of benzene rings is 3. The molecule has 3 N–H and O–H groups in total. The first-order chi connectivity index (χ1) is 15.5. The summed E-state index contributed by atoms with van der Waals surface area (Å²) in [4.78, 5) is 24.0. The van der Waals surface area contributed by atoms with E-state index in [2.05, 4.69) is 21.2 Å². The van der Waals surface area contributed by atoms with Gasteiger partial charge in [-0.2, -0.15) is 5.10 Å². The Morgan fingerprint density at radius 1 is 0.906 bits per heavy atom. The van der Waals surface area contributed by atoms with Crippen LogP contribution >= 0.6 is 0 Å². The topological polar surface area (TPSA) is 101 Å². The van der Waals surface area contributed by atoms with Gasteiger partial charge < -0.3 is 20.1 Å². The molecule has 0 saturated heterocycles. The van der Waals surface area contributed by atoms with Crippen LogP contribution in [0.5, 0.6) is 11.5 Å². The molecular weight excluding hydrogens is 408 g/mol. The third-order valence-corrected chi connectivity index (χ3v) is 4.29. The Morgan fingerprint density at radius 2 is 1.62 bits per heavy atom. The quantitative estimate of drug-likeness (QED) is 0.367. The predicted octanol–water partition coefficient (Wildman–Crippen LogP) is 4.18. The zero-order valence-corrected chi connectivity index (χ0v) is 17.8. The molecule has 3 aromatic carbocycles. The molecule has 0 aliphatic carbocycles. The van der Waals surface area contributed by atoms with E-state index < -0.39 is 6.03 Å². The third-order valence-electron chi connectivity index (χ3n) is 4.29. The first-order valence-electron chi connectivity index (χ1n) is 9.86. The Morgan fingerprint density at radius 3 is 2.34 bits per heavy atom. The lowest BCUT2D eigenvalue weighted by atomic mass is 10.2. The van der Waals surface area contributed by atoms with Gasteiger partial charge in [0.2, 0.25) is 0 Å². The van der Waals surface area contributed by atoms with Gasteiger partial charge in [-0.25, -0.2) is 10.2 Å². The number of hydrogen-bond acceptors (Lipinski definition) is 5. The average molecular weight is 432 g/mol. The van der Waals surface area contributed by atoms with Crippen molar-refractivity contribution in [2.24, 2.45) is 5.10 Å². The number of hydrazone groups is 1. The number of rotatable bonds is 8. The molecule has 32 heavy (non-hydrogen) atoms. The SMILES string of the molecule is COc1cc(/C=N\NC(=O)Nc2ccccc2)ccc1OCC(=O)Nc1ccc(C)cc1. The van der Waals surface area contributed by atoms with Crippen molar-refractivity contribution in [3.8, 4) is 11.5 Å². The van der Waals surface area contributed by atoms with Crippen LogP contribution in [-0.2, 0) is 4.79 Å². The van der Waals surface area contributed by atoms with Crippen molar-refractivity contribution in [3.05, 3.63) is 83.9 Å². The number of carbonyl (C=O) groups is 2. The van der Waals surface area contributed by atoms with Gasteiger partial charge in [-0.1, -0.05) is 35.9 Å². The molecule has 0 aromatic heterocycles. The van der Waals surface area contributed by atoms with E-state index in [-0.39, 0.29) is 12.5 Å². The maximum Gasteiger partial charge on any atom is 0.339 e. The number of nitrogens with one attached hydrogen (secondary N) is 3. The largest absolute Gasteiger partial charge is 0.493 e. The summed E-state index contributed by atoms with van der Waals surface area (Å²) in [5, 5.41) is 9.36. The smallest absolute Gasteiger partial charge is 0.339 e. The summed E-state index contributed by atoms with van der Waals surface area (Å²) in [5.74, 6) is 0.569. The molecule has 0 spiro atoms. The van der Waals surface area contributed by atoms with E-state index in [1.165, 1.54) is 13.3 Å². The third kappa shape index (κ3) is 6.88. The Kier molecular flexibility index (Phi) is 7.80. The van der Waals surface area contributed by atoms with E-state index >= 15 is 0 Å². The number of amides is 3. The lowest BCUT2D eigenvalue weighted by molar-refractivity contribution is -0.118. The van der Waals surface area contributed by atoms with Crippen molar-refractivity contribution in [2.45, 2.75) is 6.92 Å². The fraction of sp³-hybridized carbons (Fsp3) is 0.125. The van der Waals surface area contributed by atoms with E-state index in [1.54, 1.807) is 30.3 Å². The summed E-state index contributed by atoms with van der Waals surface area (Å²) >= 11 is 0. The molecule has 164 valence electrons. The van der Waals surface area contributed by atoms with Crippen LogP contribution in [0.25, 0.3) is 0 Å². The molecule has 3 amide bonds. The second-order valence-electron chi connectivity index (χ2n) is 6.80. The number of carbonyl (C=O) groups excluding carboxylic acids is 2. The summed E-state index contributed by atoms with van der Waals surface area (Å²) in [6.07, 6.45) is 1.47. The summed E-state index contributed by atoms with van der Waals surface area (Å²) in [6, 6.07) is 21.2. The molecule has 0 bridgehead atoms. The molecule has 0 saturated carbocycles. The van der Waals surface area contributed by atoms with Gasteiger partial charge in [-0.05, 0) is 55.0 Å². The molecule has 8 nitrogen and oxygen atoms in total. The van der Waals surface area contributed by atoms with Gasteiger partial charge in [0, 0.05) is 11.4 Å². The second kappa shape index (κ2) is 11.2. The first-order valence-corrected chi connectivity index (χ1v) is 9.86. The highest BCUT2D eigenvalue weighted by atomic mass is 16.5. The number of hydrogen-bond donors (Lipinski definition) is 3. The van der Waals surface area contributed by atoms with Crippen molar-refractivity contribution >= 4 is 29.5 Å². The maximum atomic E-state index is 12.1. The second-order valence-corrected chi connectivity index (χ2v) is 6.80. The number of methoxy groups -OCH3 is 1. The Bertz CT molecular complexity index is 1080. The number of para-hydroxylation sites is 1. The molecule has 3 aromatic rings. The molecule has 8 heteroatoms. The lowest BCUT2D eigenvalue weighted by Gasteiger charge is -2.11. The number of ether oxygens (including phenoxy) is 2. The first kappa shape index (κ1) is 22.4. The molecule has 0 aliphatic rings. The van der Waals surface area contributed by atoms with Crippen LogP contribution in [0.3, 0.4) is 0 Å². The minimum absolute atomic E-state index is 0.168. The zero-order valence-electron chi connectivity index (χ0n) is 17.8. The van der Waals surface area contributed by atoms with Gasteiger partial charge in [-0.15, -0.1) is 0 Å². The average Bonchev–Trinajstić information content (AvgIpc) is 2.80. The monoisotopic (exact) mass is 432 g/mol. The standard InChI is InChI=1S/C24H24N4O4/c1-17-8-11-20(12-9-17)26-23(29)16-32-21-13-10-18(14-22(21)31-2)15-25-28-24(30)27-19-6-4-3-5-7-19/h3-15H,16H2,1-2H3,(H,26,29)(H2,27,28,30)/b25-15-. The summed E-state index contributed by atoms with van der Waals surface area (Å²) in [7, 11) is 1.50. The zero-order chi connectivity index (χ0) is 22.8. The van der Waals surface area contributed by atoms with Crippen LogP contribution in [0, 0.1) is 6.92 Å². The molecule has 0 fully saturated rings. The minimum atomic E-state index is -0.459. The fourth-order valence-electron chi connectivity index (χ4n) is 2.71. The normalized spacial score (nSPS) is 10.4. The Hall–Kier alpha value is -4.33. The molecule has 0 unspecified atom stereocenters. The van der Waals surface area contributed by atoms with Gasteiger partial charge in [0.15, 0.2) is 18.1 Å². The Labute approximate surface area is 186 Å². The minimum Gasteiger partial charge on any atom is -0.493 e. The summed E-state index contributed by atoms with van der Waals surface area (Å²) < 4.78 is 10.9. The van der Waals surface area contributed by atoms with E-state index in [9.17, 15) is 9.59 Å². The highest BCUT2D eigenvalue weighted by Gasteiger charge is 2.09. The van der Waals surface area contributed by atoms with Crippen LogP contribution < -0.4 is 25.5 Å². The molecule has 3 rings (SSSR count). The van der Waals surface area contributed by atoms with Gasteiger partial charge in [0.25, 0.3) is 5.91 Å².